The van der Waals surface area contributed by atoms with E-state index in [-0.39, 0.29) is 46.3 Å². The Morgan fingerprint density at radius 1 is 1.05 bits per heavy atom. The van der Waals surface area contributed by atoms with Crippen LogP contribution in [-0.2, 0) is 43.0 Å². The van der Waals surface area contributed by atoms with E-state index in [9.17, 15) is 9.59 Å². The molecular formula is C45H60N6O8S. The van der Waals surface area contributed by atoms with Crippen LogP contribution in [0, 0.1) is 24.7 Å². The summed E-state index contributed by atoms with van der Waals surface area (Å²) in [5.74, 6) is -0.671. The fourth-order valence-electron chi connectivity index (χ4n) is 9.85. The van der Waals surface area contributed by atoms with Gasteiger partial charge in [-0.1, -0.05) is 42.8 Å². The minimum Gasteiger partial charge on any atom is -0.490 e. The highest BCUT2D eigenvalue weighted by Crippen LogP contribution is 2.47. The van der Waals surface area contributed by atoms with Crippen LogP contribution in [0.25, 0.3) is 0 Å². The molecule has 2 amide bonds. The van der Waals surface area contributed by atoms with Gasteiger partial charge in [-0.25, -0.2) is 4.21 Å². The lowest BCUT2D eigenvalue weighted by atomic mass is 9.68. The Bertz CT molecular complexity index is 2230. The molecule has 324 valence electrons. The molecular weight excluding hydrogens is 785 g/mol. The van der Waals surface area contributed by atoms with E-state index >= 15 is 4.21 Å². The van der Waals surface area contributed by atoms with Crippen LogP contribution >= 0.6 is 0 Å². The summed E-state index contributed by atoms with van der Waals surface area (Å²) in [4.78, 5) is 32.9. The van der Waals surface area contributed by atoms with E-state index in [0.29, 0.717) is 31.4 Å². The predicted molar refractivity (Wildman–Crippen MR) is 229 cm³/mol. The van der Waals surface area contributed by atoms with Crippen LogP contribution in [0.15, 0.2) is 59.1 Å². The summed E-state index contributed by atoms with van der Waals surface area (Å²) in [5.41, 5.74) is 4.86. The van der Waals surface area contributed by atoms with Crippen molar-refractivity contribution in [1.29, 1.82) is 0 Å². The molecule has 1 spiro atoms. The highest BCUT2D eigenvalue weighted by molar-refractivity contribution is 7.92. The number of fused-ring (bicyclic) bond motifs is 4. The van der Waals surface area contributed by atoms with E-state index in [1.807, 2.05) is 25.1 Å². The summed E-state index contributed by atoms with van der Waals surface area (Å²) in [7, 11) is 2.78. The Kier molecular flexibility index (Phi) is 12.4. The first-order valence-electron chi connectivity index (χ1n) is 21.3. The zero-order chi connectivity index (χ0) is 42.2. The second kappa shape index (κ2) is 17.6. The van der Waals surface area contributed by atoms with Crippen LogP contribution < -0.4 is 19.1 Å². The van der Waals surface area contributed by atoms with Gasteiger partial charge in [0, 0.05) is 77.1 Å². The first kappa shape index (κ1) is 42.4. The Balaban J connectivity index is 1.18. The van der Waals surface area contributed by atoms with E-state index in [1.165, 1.54) is 34.7 Å². The van der Waals surface area contributed by atoms with Crippen molar-refractivity contribution in [2.45, 2.75) is 69.7 Å². The van der Waals surface area contributed by atoms with Gasteiger partial charge in [-0.15, -0.1) is 9.46 Å². The molecule has 1 unspecified atom stereocenters. The number of methoxy groups -OCH3 is 3. The Hall–Kier alpha value is -4.28. The van der Waals surface area contributed by atoms with Gasteiger partial charge in [0.05, 0.1) is 50.1 Å². The van der Waals surface area contributed by atoms with Crippen molar-refractivity contribution in [2.24, 2.45) is 29.2 Å². The number of aryl methyl sites for hydroxylation is 3. The number of nitrogens with zero attached hydrogens (tertiary/aromatic N) is 5. The highest BCUT2D eigenvalue weighted by atomic mass is 32.2. The number of anilines is 1. The Morgan fingerprint density at radius 3 is 2.62 bits per heavy atom. The van der Waals surface area contributed by atoms with Crippen molar-refractivity contribution < 1.29 is 37.5 Å². The average Bonchev–Trinajstić information content (AvgIpc) is 3.52. The van der Waals surface area contributed by atoms with Crippen LogP contribution in [-0.4, -0.2) is 122 Å². The molecule has 3 aromatic rings. The maximum atomic E-state index is 15.1. The van der Waals surface area contributed by atoms with Crippen LogP contribution in [0.3, 0.4) is 0 Å². The lowest BCUT2D eigenvalue weighted by molar-refractivity contribution is -0.0473. The molecule has 8 rings (SSSR count). The van der Waals surface area contributed by atoms with Crippen molar-refractivity contribution in [3.63, 3.8) is 0 Å². The number of rotatable bonds is 9. The summed E-state index contributed by atoms with van der Waals surface area (Å²) in [6.45, 7) is 8.84. The zero-order valence-electron chi connectivity index (χ0n) is 35.8. The highest BCUT2D eigenvalue weighted by Gasteiger charge is 2.44. The zero-order valence-corrected chi connectivity index (χ0v) is 36.6. The lowest BCUT2D eigenvalue weighted by Crippen LogP contribution is -2.52. The van der Waals surface area contributed by atoms with Gasteiger partial charge in [-0.3, -0.25) is 23.9 Å². The molecule has 2 aromatic carbocycles. The average molecular weight is 845 g/mol. The maximum Gasteiger partial charge on any atom is 0.286 e. The largest absolute Gasteiger partial charge is 0.490 e. The Morgan fingerprint density at radius 2 is 1.87 bits per heavy atom. The SMILES string of the molecule is COc1nn(C)cc1C(=O)NS1(=O)=NC(=O)c2ccc3c(c2)N(C[C@@H]2CC[C@H]2[C@@H](OC)/C=C/[C@H](OCCN2CC(OC)C2)[C@H](C)C1)C[C@@]1(CCCc2cc(C)ccc21)CO3. The summed E-state index contributed by atoms with van der Waals surface area (Å²) in [5, 5.41) is 4.20. The number of aromatic nitrogens is 2. The molecule has 2 fully saturated rings. The molecule has 1 aromatic heterocycles. The molecule has 1 saturated carbocycles. The number of carbonyl (C=O) groups is 2. The van der Waals surface area contributed by atoms with Gasteiger partial charge in [0.15, 0.2) is 0 Å². The molecule has 14 nitrogen and oxygen atoms in total. The fraction of sp³-hybridized carbons (Fsp3) is 0.578. The van der Waals surface area contributed by atoms with Gasteiger partial charge in [0.25, 0.3) is 11.8 Å². The van der Waals surface area contributed by atoms with E-state index in [0.717, 1.165) is 64.0 Å². The number of amides is 2. The van der Waals surface area contributed by atoms with Crippen LogP contribution in [0.4, 0.5) is 5.69 Å². The summed E-state index contributed by atoms with van der Waals surface area (Å²) >= 11 is 0. The standard InChI is InChI=1S/C45H60N6O8S/c1-29-9-13-37-31(20-29)8-7-17-45(37)27-51-22-33-10-12-35(33)40(56-5)16-15-39(58-19-18-50-23-34(24-50)55-4)30(2)26-60(54,48-43(53)36-25-49(3)46-44(36)57-6)47-42(52)32-11-14-41(59-28-45)38(51)21-32/h9,11,13-16,20-21,25,30,33-35,39-40H,7-8,10,12,17-19,22-24,26-28H2,1-6H3,(H,47,48,52,53,54)/b16-15+/t30-,33+,35-,39+,40+,45+,60?/m1/s1. The minimum absolute atomic E-state index is 0.0654. The molecule has 2 bridgehead atoms. The predicted octanol–water partition coefficient (Wildman–Crippen LogP) is 5.13. The second-order valence-electron chi connectivity index (χ2n) is 17.5. The maximum absolute atomic E-state index is 15.1. The Labute approximate surface area is 354 Å². The molecule has 3 aliphatic heterocycles. The monoisotopic (exact) mass is 844 g/mol. The van der Waals surface area contributed by atoms with Gasteiger partial charge in [0.2, 0.25) is 5.88 Å². The molecule has 15 heteroatoms. The number of hydrogen-bond donors (Lipinski definition) is 1. The van der Waals surface area contributed by atoms with Gasteiger partial charge in [-0.2, -0.15) is 0 Å². The molecule has 0 radical (unpaired) electrons. The third-order valence-corrected chi connectivity index (χ3v) is 15.3. The quantitative estimate of drug-likeness (QED) is 0.287. The second-order valence-corrected chi connectivity index (χ2v) is 19.5. The number of ether oxygens (including phenoxy) is 5. The van der Waals surface area contributed by atoms with Crippen molar-refractivity contribution in [3.05, 3.63) is 82.6 Å². The number of nitrogens with one attached hydrogen (secondary N) is 1. The van der Waals surface area contributed by atoms with E-state index in [1.54, 1.807) is 27.3 Å². The number of benzene rings is 2. The summed E-state index contributed by atoms with van der Waals surface area (Å²) in [6, 6.07) is 12.2. The smallest absolute Gasteiger partial charge is 0.286 e. The third kappa shape index (κ3) is 8.74. The first-order valence-corrected chi connectivity index (χ1v) is 23.0. The molecule has 2 aliphatic carbocycles. The van der Waals surface area contributed by atoms with E-state index < -0.39 is 33.8 Å². The fourth-order valence-corrected chi connectivity index (χ4v) is 11.7. The lowest BCUT2D eigenvalue weighted by Gasteiger charge is -2.46. The third-order valence-electron chi connectivity index (χ3n) is 13.3. The van der Waals surface area contributed by atoms with Gasteiger partial charge < -0.3 is 28.6 Å². The normalized spacial score (nSPS) is 30.1. The number of likely N-dealkylation sites (tertiary alicyclic amines) is 1. The molecule has 5 aliphatic rings. The van der Waals surface area contributed by atoms with Crippen LogP contribution in [0.2, 0.25) is 0 Å². The summed E-state index contributed by atoms with van der Waals surface area (Å²) in [6.07, 6.45) is 10.3. The minimum atomic E-state index is -3.77. The van der Waals surface area contributed by atoms with Crippen LogP contribution in [0.1, 0.15) is 70.0 Å². The van der Waals surface area contributed by atoms with Crippen molar-refractivity contribution in [2.75, 3.05) is 77.9 Å². The molecule has 4 heterocycles. The van der Waals surface area contributed by atoms with Gasteiger partial charge in [-0.05, 0) is 80.2 Å². The van der Waals surface area contributed by atoms with Crippen LogP contribution in [0.5, 0.6) is 11.6 Å². The van der Waals surface area contributed by atoms with Crippen molar-refractivity contribution in [3.8, 4) is 11.6 Å². The van der Waals surface area contributed by atoms with Gasteiger partial charge >= 0.3 is 0 Å². The molecule has 1 N–H and O–H groups in total. The van der Waals surface area contributed by atoms with E-state index in [4.69, 9.17) is 23.7 Å². The topological polar surface area (TPSA) is 146 Å². The van der Waals surface area contributed by atoms with Crippen molar-refractivity contribution in [1.82, 2.24) is 19.4 Å². The number of hydrogen-bond acceptors (Lipinski definition) is 11. The molecule has 7 atom stereocenters. The first-order chi connectivity index (χ1) is 28.9. The van der Waals surface area contributed by atoms with Crippen molar-refractivity contribution >= 4 is 27.4 Å². The van der Waals surface area contributed by atoms with E-state index in [2.05, 4.69) is 55.2 Å². The number of carbonyl (C=O) groups excluding carboxylic acids is 2. The summed E-state index contributed by atoms with van der Waals surface area (Å²) < 4.78 is 54.0. The van der Waals surface area contributed by atoms with Gasteiger partial charge in [0.1, 0.15) is 21.2 Å². The molecule has 60 heavy (non-hydrogen) atoms. The molecule has 1 saturated heterocycles.